The molecule has 2 aliphatic rings. The molecule has 0 aliphatic heterocycles. The molecule has 1 amide bonds. The molecule has 3 heteroatoms. The van der Waals surface area contributed by atoms with Gasteiger partial charge in [-0.1, -0.05) is 0 Å². The van der Waals surface area contributed by atoms with Crippen LogP contribution >= 0.6 is 0 Å². The summed E-state index contributed by atoms with van der Waals surface area (Å²) in [6.45, 7) is 5.99. The lowest BCUT2D eigenvalue weighted by molar-refractivity contribution is -0.132. The van der Waals surface area contributed by atoms with Crippen LogP contribution in [0.25, 0.3) is 0 Å². The average Bonchev–Trinajstić information content (AvgIpc) is 3.05. The number of nitrogens with two attached hydrogens (primary N) is 1. The molecule has 2 rings (SSSR count). The van der Waals surface area contributed by atoms with Crippen LogP contribution in [0.15, 0.2) is 0 Å². The first-order valence-corrected chi connectivity index (χ1v) is 7.01. The van der Waals surface area contributed by atoms with Crippen molar-refractivity contribution in [2.24, 2.45) is 17.6 Å². The molecule has 0 bridgehead atoms. The van der Waals surface area contributed by atoms with Gasteiger partial charge in [-0.15, -0.1) is 0 Å². The minimum absolute atomic E-state index is 0.222. The van der Waals surface area contributed by atoms with Crippen molar-refractivity contribution in [2.75, 3.05) is 13.1 Å². The van der Waals surface area contributed by atoms with Crippen LogP contribution in [0.3, 0.4) is 0 Å². The second-order valence-electron chi connectivity index (χ2n) is 6.67. The molecule has 0 heterocycles. The molecule has 0 spiro atoms. The van der Waals surface area contributed by atoms with E-state index in [4.69, 9.17) is 5.73 Å². The van der Waals surface area contributed by atoms with Crippen molar-refractivity contribution >= 4 is 5.91 Å². The molecule has 0 unspecified atom stereocenters. The normalized spacial score (nSPS) is 20.4. The fourth-order valence-electron chi connectivity index (χ4n) is 2.09. The maximum absolute atomic E-state index is 12.2. The number of rotatable bonds is 7. The summed E-state index contributed by atoms with van der Waals surface area (Å²) in [6.07, 6.45) is 6.67. The summed E-state index contributed by atoms with van der Waals surface area (Å²) in [7, 11) is 0. The highest BCUT2D eigenvalue weighted by molar-refractivity contribution is 5.76. The second-order valence-corrected chi connectivity index (χ2v) is 6.67. The predicted molar refractivity (Wildman–Crippen MR) is 69.5 cm³/mol. The van der Waals surface area contributed by atoms with Gasteiger partial charge in [0, 0.05) is 25.0 Å². The van der Waals surface area contributed by atoms with E-state index in [-0.39, 0.29) is 5.54 Å². The van der Waals surface area contributed by atoms with Crippen LogP contribution < -0.4 is 5.73 Å². The summed E-state index contributed by atoms with van der Waals surface area (Å²) in [5, 5.41) is 0. The van der Waals surface area contributed by atoms with Gasteiger partial charge < -0.3 is 10.6 Å². The second kappa shape index (κ2) is 4.97. The van der Waals surface area contributed by atoms with E-state index in [0.717, 1.165) is 31.3 Å². The topological polar surface area (TPSA) is 46.3 Å². The van der Waals surface area contributed by atoms with E-state index in [1.54, 1.807) is 0 Å². The summed E-state index contributed by atoms with van der Waals surface area (Å²) >= 11 is 0. The van der Waals surface area contributed by atoms with Crippen molar-refractivity contribution in [3.63, 3.8) is 0 Å². The summed E-state index contributed by atoms with van der Waals surface area (Å²) in [4.78, 5) is 14.3. The smallest absolute Gasteiger partial charge is 0.222 e. The first kappa shape index (κ1) is 12.9. The Morgan fingerprint density at radius 2 is 1.65 bits per heavy atom. The summed E-state index contributed by atoms with van der Waals surface area (Å²) in [5.74, 6) is 1.91. The van der Waals surface area contributed by atoms with Gasteiger partial charge in [-0.2, -0.15) is 0 Å². The lowest BCUT2D eigenvalue weighted by Crippen LogP contribution is -2.38. The van der Waals surface area contributed by atoms with Crippen LogP contribution in [-0.2, 0) is 4.79 Å². The molecule has 0 atom stereocenters. The van der Waals surface area contributed by atoms with Crippen molar-refractivity contribution in [3.05, 3.63) is 0 Å². The highest BCUT2D eigenvalue weighted by Crippen LogP contribution is 2.34. The van der Waals surface area contributed by atoms with Gasteiger partial charge in [-0.05, 0) is 57.8 Å². The summed E-state index contributed by atoms with van der Waals surface area (Å²) < 4.78 is 0. The number of carbonyl (C=O) groups is 1. The molecule has 17 heavy (non-hydrogen) atoms. The Morgan fingerprint density at radius 1 is 1.18 bits per heavy atom. The van der Waals surface area contributed by atoms with Gasteiger partial charge in [0.2, 0.25) is 5.91 Å². The zero-order valence-electron chi connectivity index (χ0n) is 11.2. The highest BCUT2D eigenvalue weighted by Gasteiger charge is 2.31. The monoisotopic (exact) mass is 238 g/mol. The van der Waals surface area contributed by atoms with E-state index in [1.165, 1.54) is 25.7 Å². The molecule has 2 aliphatic carbocycles. The molecule has 0 aromatic heterocycles. The van der Waals surface area contributed by atoms with Gasteiger partial charge in [0.15, 0.2) is 0 Å². The van der Waals surface area contributed by atoms with E-state index in [2.05, 4.69) is 4.90 Å². The van der Waals surface area contributed by atoms with Gasteiger partial charge >= 0.3 is 0 Å². The highest BCUT2D eigenvalue weighted by atomic mass is 16.2. The molecule has 2 N–H and O–H groups in total. The van der Waals surface area contributed by atoms with Crippen molar-refractivity contribution in [1.29, 1.82) is 0 Å². The molecule has 3 nitrogen and oxygen atoms in total. The lowest BCUT2D eigenvalue weighted by atomic mass is 9.99. The quantitative estimate of drug-likeness (QED) is 0.738. The summed E-state index contributed by atoms with van der Waals surface area (Å²) in [6, 6.07) is 0. The fourth-order valence-corrected chi connectivity index (χ4v) is 2.09. The molecule has 2 fully saturated rings. The Balaban J connectivity index is 1.77. The van der Waals surface area contributed by atoms with Crippen LogP contribution in [-0.4, -0.2) is 29.4 Å². The van der Waals surface area contributed by atoms with Crippen LogP contribution in [0.4, 0.5) is 0 Å². The minimum atomic E-state index is -0.222. The third-order valence-corrected chi connectivity index (χ3v) is 3.69. The van der Waals surface area contributed by atoms with Crippen molar-refractivity contribution < 1.29 is 4.79 Å². The van der Waals surface area contributed by atoms with Crippen LogP contribution in [0.5, 0.6) is 0 Å². The lowest BCUT2D eigenvalue weighted by Gasteiger charge is -2.25. The molecule has 0 radical (unpaired) electrons. The molecule has 0 saturated heterocycles. The van der Waals surface area contributed by atoms with E-state index in [9.17, 15) is 4.79 Å². The molecule has 2 saturated carbocycles. The first-order chi connectivity index (χ1) is 7.94. The average molecular weight is 238 g/mol. The van der Waals surface area contributed by atoms with E-state index >= 15 is 0 Å². The van der Waals surface area contributed by atoms with Gasteiger partial charge in [0.1, 0.15) is 0 Å². The maximum atomic E-state index is 12.2. The Labute approximate surface area is 105 Å². The predicted octanol–water partition coefficient (Wildman–Crippen LogP) is 2.15. The zero-order chi connectivity index (χ0) is 12.5. The zero-order valence-corrected chi connectivity index (χ0v) is 11.2. The third kappa shape index (κ3) is 5.07. The maximum Gasteiger partial charge on any atom is 0.222 e. The Hall–Kier alpha value is -0.570. The van der Waals surface area contributed by atoms with Crippen LogP contribution in [0.2, 0.25) is 0 Å². The van der Waals surface area contributed by atoms with Crippen molar-refractivity contribution in [3.8, 4) is 0 Å². The van der Waals surface area contributed by atoms with Gasteiger partial charge in [0.05, 0.1) is 0 Å². The third-order valence-electron chi connectivity index (χ3n) is 3.69. The standard InChI is InChI=1S/C14H26N2O/c1-14(2,15)8-7-13(17)16(9-11-3-4-11)10-12-5-6-12/h11-12H,3-10,15H2,1-2H3. The first-order valence-electron chi connectivity index (χ1n) is 7.01. The SMILES string of the molecule is CC(C)(N)CCC(=O)N(CC1CC1)CC1CC1. The van der Waals surface area contributed by atoms with Gasteiger partial charge in [-0.25, -0.2) is 0 Å². The number of carbonyl (C=O) groups excluding carboxylic acids is 1. The fraction of sp³-hybridized carbons (Fsp3) is 0.929. The molecular weight excluding hydrogens is 212 g/mol. The van der Waals surface area contributed by atoms with E-state index in [0.29, 0.717) is 12.3 Å². The molecule has 0 aromatic rings. The number of hydrogen-bond acceptors (Lipinski definition) is 2. The van der Waals surface area contributed by atoms with Crippen molar-refractivity contribution in [2.45, 2.75) is 57.9 Å². The number of hydrogen-bond donors (Lipinski definition) is 1. The Bertz CT molecular complexity index is 260. The number of amides is 1. The largest absolute Gasteiger partial charge is 0.342 e. The Kier molecular flexibility index (Phi) is 3.76. The van der Waals surface area contributed by atoms with Crippen molar-refractivity contribution in [1.82, 2.24) is 4.90 Å². The molecule has 0 aromatic carbocycles. The molecule has 98 valence electrons. The Morgan fingerprint density at radius 3 is 2.00 bits per heavy atom. The van der Waals surface area contributed by atoms with Gasteiger partial charge in [-0.3, -0.25) is 4.79 Å². The summed E-state index contributed by atoms with van der Waals surface area (Å²) in [5.41, 5.74) is 5.72. The van der Waals surface area contributed by atoms with E-state index < -0.39 is 0 Å². The minimum Gasteiger partial charge on any atom is -0.342 e. The van der Waals surface area contributed by atoms with Gasteiger partial charge in [0.25, 0.3) is 0 Å². The van der Waals surface area contributed by atoms with Crippen LogP contribution in [0.1, 0.15) is 52.4 Å². The number of nitrogens with zero attached hydrogens (tertiary/aromatic N) is 1. The van der Waals surface area contributed by atoms with E-state index in [1.807, 2.05) is 13.8 Å². The van der Waals surface area contributed by atoms with Crippen LogP contribution in [0, 0.1) is 11.8 Å². The molecular formula is C14H26N2O.